The number of urea groups is 1. The number of nitrogens with one attached hydrogen (secondary N) is 2. The van der Waals surface area contributed by atoms with Crippen molar-refractivity contribution in [2.75, 3.05) is 58.9 Å². The molecule has 0 saturated carbocycles. The van der Waals surface area contributed by atoms with Crippen LogP contribution in [0.4, 0.5) is 10.5 Å². The molecule has 1 aromatic rings. The number of rotatable bonds is 5. The Balaban J connectivity index is 1.90. The average Bonchev–Trinajstić information content (AvgIpc) is 2.91. The Morgan fingerprint density at radius 3 is 2.57 bits per heavy atom. The third-order valence-corrected chi connectivity index (χ3v) is 7.09. The van der Waals surface area contributed by atoms with Gasteiger partial charge in [-0.05, 0) is 38.3 Å². The molecule has 4 amide bonds. The summed E-state index contributed by atoms with van der Waals surface area (Å²) in [4.78, 5) is 42.7. The first kappa shape index (κ1) is 28.7. The molecule has 2 N–H and O–H groups in total. The molecule has 2 aliphatic rings. The molecular weight excluding hydrogens is 476 g/mol. The third-order valence-electron chi connectivity index (χ3n) is 7.09. The van der Waals surface area contributed by atoms with E-state index in [-0.39, 0.29) is 48.4 Å². The van der Waals surface area contributed by atoms with Gasteiger partial charge in [0.15, 0.2) is 0 Å². The van der Waals surface area contributed by atoms with Crippen LogP contribution < -0.4 is 15.4 Å². The molecule has 206 valence electrons. The Morgan fingerprint density at radius 1 is 1.16 bits per heavy atom. The predicted octanol–water partition coefficient (Wildman–Crippen LogP) is 2.98. The smallest absolute Gasteiger partial charge is 0.319 e. The highest BCUT2D eigenvalue weighted by Gasteiger charge is 2.33. The minimum atomic E-state index is -0.322. The molecule has 37 heavy (non-hydrogen) atoms. The zero-order valence-corrected chi connectivity index (χ0v) is 22.7. The molecule has 1 fully saturated rings. The molecule has 2 aliphatic heterocycles. The van der Waals surface area contributed by atoms with Crippen LogP contribution in [0.3, 0.4) is 0 Å². The molecule has 0 unspecified atom stereocenters. The van der Waals surface area contributed by atoms with E-state index in [4.69, 9.17) is 14.2 Å². The van der Waals surface area contributed by atoms with Crippen molar-refractivity contribution in [1.82, 2.24) is 15.1 Å². The maximum absolute atomic E-state index is 13.6. The van der Waals surface area contributed by atoms with Crippen LogP contribution in [0.5, 0.6) is 5.75 Å². The summed E-state index contributed by atoms with van der Waals surface area (Å²) in [5.41, 5.74) is 0.903. The number of ether oxygens (including phenoxy) is 3. The summed E-state index contributed by atoms with van der Waals surface area (Å²) in [6.45, 7) is 8.79. The van der Waals surface area contributed by atoms with Crippen molar-refractivity contribution in [2.24, 2.45) is 11.8 Å². The normalized spacial score (nSPS) is 23.8. The van der Waals surface area contributed by atoms with E-state index in [2.05, 4.69) is 10.6 Å². The molecule has 1 saturated heterocycles. The van der Waals surface area contributed by atoms with Gasteiger partial charge in [0.1, 0.15) is 12.4 Å². The van der Waals surface area contributed by atoms with Crippen LogP contribution in [-0.4, -0.2) is 93.4 Å². The van der Waals surface area contributed by atoms with E-state index in [1.807, 2.05) is 25.7 Å². The van der Waals surface area contributed by atoms with Crippen LogP contribution >= 0.6 is 0 Å². The number of fused-ring (bicyclic) bond motifs is 1. The second-order valence-corrected chi connectivity index (χ2v) is 10.1. The lowest BCUT2D eigenvalue weighted by Gasteiger charge is -2.38. The van der Waals surface area contributed by atoms with Crippen molar-refractivity contribution >= 4 is 23.5 Å². The third kappa shape index (κ3) is 7.58. The van der Waals surface area contributed by atoms with E-state index in [1.165, 1.54) is 0 Å². The first-order valence-corrected chi connectivity index (χ1v) is 13.2. The molecule has 0 aliphatic carbocycles. The van der Waals surface area contributed by atoms with Crippen LogP contribution in [0.25, 0.3) is 0 Å². The van der Waals surface area contributed by atoms with Gasteiger partial charge in [-0.1, -0.05) is 13.8 Å². The molecule has 0 spiro atoms. The number of carbonyl (C=O) groups is 3. The van der Waals surface area contributed by atoms with E-state index in [0.717, 1.165) is 6.42 Å². The highest BCUT2D eigenvalue weighted by Crippen LogP contribution is 2.28. The topological polar surface area (TPSA) is 109 Å². The molecule has 2 heterocycles. The van der Waals surface area contributed by atoms with Gasteiger partial charge in [0.2, 0.25) is 5.91 Å². The van der Waals surface area contributed by atoms with E-state index in [1.54, 1.807) is 37.3 Å². The molecule has 3 atom stereocenters. The maximum Gasteiger partial charge on any atom is 0.319 e. The molecule has 10 heteroatoms. The molecule has 0 bridgehead atoms. The Labute approximate surface area is 220 Å². The van der Waals surface area contributed by atoms with Gasteiger partial charge in [-0.2, -0.15) is 0 Å². The van der Waals surface area contributed by atoms with Gasteiger partial charge in [0.05, 0.1) is 17.7 Å². The number of hydrogen-bond acceptors (Lipinski definition) is 6. The van der Waals surface area contributed by atoms with Crippen LogP contribution in [0, 0.1) is 11.8 Å². The van der Waals surface area contributed by atoms with Gasteiger partial charge >= 0.3 is 6.03 Å². The number of carbonyl (C=O) groups excluding carboxylic acids is 3. The number of anilines is 1. The van der Waals surface area contributed by atoms with Crippen LogP contribution in [0.2, 0.25) is 0 Å². The van der Waals surface area contributed by atoms with Gasteiger partial charge in [-0.15, -0.1) is 0 Å². The Kier molecular flexibility index (Phi) is 10.6. The number of hydrogen-bond donors (Lipinski definition) is 2. The van der Waals surface area contributed by atoms with Gasteiger partial charge in [-0.25, -0.2) is 4.79 Å². The summed E-state index contributed by atoms with van der Waals surface area (Å²) in [5, 5.41) is 5.56. The summed E-state index contributed by atoms with van der Waals surface area (Å²) < 4.78 is 17.4. The highest BCUT2D eigenvalue weighted by atomic mass is 16.5. The van der Waals surface area contributed by atoms with E-state index in [0.29, 0.717) is 62.7 Å². The SMILES string of the molecule is CCCNC(=O)Nc1ccc2c(c1)OC[C@@H](C)N(C(=O)C1CCOCC1)C[C@@H](C)[C@H](OC)CN(C)C2=O. The molecule has 10 nitrogen and oxygen atoms in total. The van der Waals surface area contributed by atoms with Crippen molar-refractivity contribution in [3.63, 3.8) is 0 Å². The average molecular weight is 519 g/mol. The van der Waals surface area contributed by atoms with Crippen LogP contribution in [0.15, 0.2) is 18.2 Å². The highest BCUT2D eigenvalue weighted by molar-refractivity contribution is 5.98. The summed E-state index contributed by atoms with van der Waals surface area (Å²) in [5.74, 6) is 0.184. The maximum atomic E-state index is 13.6. The number of methoxy groups -OCH3 is 1. The number of nitrogens with zero attached hydrogens (tertiary/aromatic N) is 2. The first-order valence-electron chi connectivity index (χ1n) is 13.2. The van der Waals surface area contributed by atoms with Gasteiger partial charge in [0, 0.05) is 70.6 Å². The summed E-state index contributed by atoms with van der Waals surface area (Å²) >= 11 is 0. The number of benzene rings is 1. The molecule has 3 rings (SSSR count). The van der Waals surface area contributed by atoms with Crippen molar-refractivity contribution in [3.8, 4) is 5.75 Å². The lowest BCUT2D eigenvalue weighted by molar-refractivity contribution is -0.142. The molecular formula is C27H42N4O6. The Morgan fingerprint density at radius 2 is 1.89 bits per heavy atom. The van der Waals surface area contributed by atoms with Crippen LogP contribution in [0.1, 0.15) is 50.4 Å². The molecule has 0 aromatic heterocycles. The van der Waals surface area contributed by atoms with E-state index in [9.17, 15) is 14.4 Å². The number of amides is 4. The largest absolute Gasteiger partial charge is 0.491 e. The first-order chi connectivity index (χ1) is 17.7. The molecule has 1 aromatic carbocycles. The van der Waals surface area contributed by atoms with E-state index >= 15 is 0 Å². The van der Waals surface area contributed by atoms with Crippen molar-refractivity contribution in [2.45, 2.75) is 52.2 Å². The van der Waals surface area contributed by atoms with Gasteiger partial charge in [-0.3, -0.25) is 9.59 Å². The zero-order valence-electron chi connectivity index (χ0n) is 22.7. The van der Waals surface area contributed by atoms with Gasteiger partial charge < -0.3 is 34.6 Å². The predicted molar refractivity (Wildman–Crippen MR) is 141 cm³/mol. The Hall–Kier alpha value is -2.85. The molecule has 0 radical (unpaired) electrons. The minimum Gasteiger partial charge on any atom is -0.491 e. The lowest BCUT2D eigenvalue weighted by Crippen LogP contribution is -2.50. The monoisotopic (exact) mass is 518 g/mol. The van der Waals surface area contributed by atoms with E-state index < -0.39 is 0 Å². The summed E-state index contributed by atoms with van der Waals surface area (Å²) in [6, 6.07) is 4.45. The fourth-order valence-corrected chi connectivity index (χ4v) is 4.75. The summed E-state index contributed by atoms with van der Waals surface area (Å²) in [7, 11) is 3.37. The fraction of sp³-hybridized carbons (Fsp3) is 0.667. The fourth-order valence-electron chi connectivity index (χ4n) is 4.75. The second-order valence-electron chi connectivity index (χ2n) is 10.1. The van der Waals surface area contributed by atoms with Crippen molar-refractivity contribution in [3.05, 3.63) is 23.8 Å². The standard InChI is InChI=1S/C27H42N4O6/c1-6-11-28-27(34)29-21-7-8-22-23(14-21)37-17-19(3)31(25(32)20-9-12-36-13-10-20)15-18(2)24(35-5)16-30(4)26(22)33/h7-8,14,18-20,24H,6,9-13,15-17H2,1-5H3,(H2,28,29,34)/t18-,19-,24-/m1/s1. The zero-order chi connectivity index (χ0) is 26.9. The number of likely N-dealkylation sites (N-methyl/N-ethyl adjacent to an activating group) is 1. The summed E-state index contributed by atoms with van der Waals surface area (Å²) in [6.07, 6.45) is 1.99. The second kappa shape index (κ2) is 13.6. The quantitative estimate of drug-likeness (QED) is 0.620. The van der Waals surface area contributed by atoms with Gasteiger partial charge in [0.25, 0.3) is 5.91 Å². The minimum absolute atomic E-state index is 0.00130. The van der Waals surface area contributed by atoms with Crippen molar-refractivity contribution in [1.29, 1.82) is 0 Å². The lowest BCUT2D eigenvalue weighted by atomic mass is 9.95. The Bertz CT molecular complexity index is 935. The van der Waals surface area contributed by atoms with Crippen LogP contribution in [-0.2, 0) is 14.3 Å². The van der Waals surface area contributed by atoms with Crippen molar-refractivity contribution < 1.29 is 28.6 Å².